The Morgan fingerprint density at radius 1 is 1.23 bits per heavy atom. The van der Waals surface area contributed by atoms with Crippen molar-refractivity contribution in [3.05, 3.63) is 57.9 Å². The van der Waals surface area contributed by atoms with E-state index in [0.29, 0.717) is 36.0 Å². The molecule has 3 heterocycles. The Labute approximate surface area is 147 Å². The van der Waals surface area contributed by atoms with Crippen molar-refractivity contribution in [1.82, 2.24) is 19.6 Å². The van der Waals surface area contributed by atoms with Crippen LogP contribution in [0.5, 0.6) is 0 Å². The first-order valence-electron chi connectivity index (χ1n) is 8.53. The molecule has 0 amide bonds. The van der Waals surface area contributed by atoms with Crippen molar-refractivity contribution in [2.24, 2.45) is 11.8 Å². The van der Waals surface area contributed by atoms with Crippen LogP contribution < -0.4 is 5.56 Å². The van der Waals surface area contributed by atoms with Gasteiger partial charge >= 0.3 is 0 Å². The summed E-state index contributed by atoms with van der Waals surface area (Å²) in [4.78, 5) is 12.8. The highest BCUT2D eigenvalue weighted by molar-refractivity contribution is 5.79. The van der Waals surface area contributed by atoms with Gasteiger partial charge in [0.25, 0.3) is 5.56 Å². The lowest BCUT2D eigenvalue weighted by Crippen LogP contribution is -2.24. The highest BCUT2D eigenvalue weighted by Gasteiger charge is 2.56. The third kappa shape index (κ3) is 2.21. The Balaban J connectivity index is 1.58. The molecule has 26 heavy (non-hydrogen) atoms. The van der Waals surface area contributed by atoms with E-state index in [4.69, 9.17) is 4.74 Å². The smallest absolute Gasteiger partial charge is 0.295 e. The number of halogens is 2. The number of benzene rings is 1. The molecule has 8 heteroatoms. The van der Waals surface area contributed by atoms with Gasteiger partial charge in [-0.05, 0) is 6.07 Å². The molecule has 1 aliphatic carbocycles. The second-order valence-corrected chi connectivity index (χ2v) is 6.84. The molecule has 0 spiro atoms. The van der Waals surface area contributed by atoms with Crippen molar-refractivity contribution in [1.29, 1.82) is 0 Å². The number of nitrogens with zero attached hydrogens (tertiary/aromatic N) is 4. The number of rotatable bonds is 4. The van der Waals surface area contributed by atoms with Crippen LogP contribution in [0.3, 0.4) is 0 Å². The summed E-state index contributed by atoms with van der Waals surface area (Å²) in [5.74, 6) is 0.246. The number of hydrogen-bond acceptors (Lipinski definition) is 4. The molecule has 2 fully saturated rings. The minimum Gasteiger partial charge on any atom is -0.381 e. The molecule has 0 unspecified atom stereocenters. The molecule has 1 aliphatic heterocycles. The summed E-state index contributed by atoms with van der Waals surface area (Å²) in [5, 5.41) is 8.92. The average molecular weight is 358 g/mol. The summed E-state index contributed by atoms with van der Waals surface area (Å²) in [5.41, 5.74) is 0.468. The number of aromatic nitrogens is 4. The van der Waals surface area contributed by atoms with E-state index in [9.17, 15) is 13.6 Å². The number of alkyl halides is 1. The van der Waals surface area contributed by atoms with Gasteiger partial charge in [0.15, 0.2) is 5.52 Å². The molecule has 3 aromatic rings. The van der Waals surface area contributed by atoms with Gasteiger partial charge in [-0.1, -0.05) is 18.2 Å². The molecule has 0 radical (unpaired) electrons. The van der Waals surface area contributed by atoms with E-state index in [2.05, 4.69) is 10.2 Å². The summed E-state index contributed by atoms with van der Waals surface area (Å²) in [6, 6.07) is 6.29. The molecular weight excluding hydrogens is 342 g/mol. The monoisotopic (exact) mass is 358 g/mol. The minimum atomic E-state index is -0.807. The zero-order valence-corrected chi connectivity index (χ0v) is 13.8. The van der Waals surface area contributed by atoms with Crippen molar-refractivity contribution < 1.29 is 13.5 Å². The second kappa shape index (κ2) is 5.70. The first-order chi connectivity index (χ1) is 12.7. The predicted octanol–water partition coefficient (Wildman–Crippen LogP) is 2.07. The van der Waals surface area contributed by atoms with E-state index in [1.54, 1.807) is 18.2 Å². The molecule has 1 saturated carbocycles. The van der Waals surface area contributed by atoms with Gasteiger partial charge in [0, 0.05) is 17.4 Å². The van der Waals surface area contributed by atoms with Gasteiger partial charge in [-0.2, -0.15) is 10.2 Å². The summed E-state index contributed by atoms with van der Waals surface area (Å²) in [7, 11) is 0. The lowest BCUT2D eigenvalue weighted by molar-refractivity contribution is 0.149. The Bertz CT molecular complexity index is 1050. The topological polar surface area (TPSA) is 61.9 Å². The molecule has 0 bridgehead atoms. The number of hydrogen-bond donors (Lipinski definition) is 0. The molecule has 134 valence electrons. The van der Waals surface area contributed by atoms with Crippen molar-refractivity contribution in [3.8, 4) is 0 Å². The van der Waals surface area contributed by atoms with E-state index in [-0.39, 0.29) is 29.4 Å². The highest BCUT2D eigenvalue weighted by atomic mass is 19.1. The zero-order valence-electron chi connectivity index (χ0n) is 13.8. The van der Waals surface area contributed by atoms with Gasteiger partial charge in [0.05, 0.1) is 43.1 Å². The maximum Gasteiger partial charge on any atom is 0.295 e. The Morgan fingerprint density at radius 2 is 2.00 bits per heavy atom. The molecule has 6 nitrogen and oxygen atoms in total. The fraction of sp³-hybridized carbons (Fsp3) is 0.389. The summed E-state index contributed by atoms with van der Waals surface area (Å²) < 4.78 is 35.7. The van der Waals surface area contributed by atoms with Crippen LogP contribution in [0.4, 0.5) is 8.78 Å². The van der Waals surface area contributed by atoms with Crippen LogP contribution in [0.25, 0.3) is 10.9 Å². The molecule has 3 atom stereocenters. The molecule has 0 N–H and O–H groups in total. The first-order valence-corrected chi connectivity index (χ1v) is 8.53. The highest BCUT2D eigenvalue weighted by Crippen LogP contribution is 2.53. The lowest BCUT2D eigenvalue weighted by atomic mass is 10.2. The van der Waals surface area contributed by atoms with Crippen LogP contribution >= 0.6 is 0 Å². The molecule has 5 rings (SSSR count). The SMILES string of the molecule is O=c1c2nn(Cc3ccccc3F)c(CF)c2cnn1[C@H]1[C@@H]2COC[C@@H]21. The van der Waals surface area contributed by atoms with Crippen LogP contribution in [-0.4, -0.2) is 32.8 Å². The van der Waals surface area contributed by atoms with Crippen LogP contribution in [-0.2, 0) is 18.0 Å². The maximum absolute atomic E-state index is 13.9. The van der Waals surface area contributed by atoms with E-state index in [1.807, 2.05) is 0 Å². The van der Waals surface area contributed by atoms with Crippen molar-refractivity contribution in [3.63, 3.8) is 0 Å². The van der Waals surface area contributed by atoms with Gasteiger partial charge in [0.2, 0.25) is 0 Å². The van der Waals surface area contributed by atoms with Gasteiger partial charge in [-0.3, -0.25) is 9.48 Å². The second-order valence-electron chi connectivity index (χ2n) is 6.84. The Hall–Kier alpha value is -2.61. The fourth-order valence-corrected chi connectivity index (χ4v) is 3.93. The van der Waals surface area contributed by atoms with Gasteiger partial charge in [-0.15, -0.1) is 0 Å². The average Bonchev–Trinajstić information content (AvgIpc) is 2.98. The van der Waals surface area contributed by atoms with Gasteiger partial charge in [0.1, 0.15) is 12.5 Å². The largest absolute Gasteiger partial charge is 0.381 e. The number of ether oxygens (including phenoxy) is 1. The Morgan fingerprint density at radius 3 is 2.73 bits per heavy atom. The molecule has 1 aromatic carbocycles. The van der Waals surface area contributed by atoms with E-state index in [1.165, 1.54) is 21.6 Å². The van der Waals surface area contributed by atoms with E-state index < -0.39 is 12.5 Å². The molecular formula is C18H16F2N4O2. The normalized spacial score (nSPS) is 24.2. The third-order valence-corrected chi connectivity index (χ3v) is 5.41. The van der Waals surface area contributed by atoms with Crippen LogP contribution in [0, 0.1) is 17.7 Å². The first kappa shape index (κ1) is 15.6. The van der Waals surface area contributed by atoms with Crippen LogP contribution in [0.1, 0.15) is 17.3 Å². The van der Waals surface area contributed by atoms with Crippen LogP contribution in [0.15, 0.2) is 35.3 Å². The Kier molecular flexibility index (Phi) is 3.43. The van der Waals surface area contributed by atoms with Crippen LogP contribution in [0.2, 0.25) is 0 Å². The van der Waals surface area contributed by atoms with E-state index >= 15 is 0 Å². The summed E-state index contributed by atoms with van der Waals surface area (Å²) in [6.07, 6.45) is 1.49. The lowest BCUT2D eigenvalue weighted by Gasteiger charge is -2.06. The van der Waals surface area contributed by atoms with Crippen molar-refractivity contribution in [2.45, 2.75) is 19.3 Å². The predicted molar refractivity (Wildman–Crippen MR) is 88.9 cm³/mol. The molecule has 2 aromatic heterocycles. The van der Waals surface area contributed by atoms with Crippen molar-refractivity contribution in [2.75, 3.05) is 13.2 Å². The summed E-state index contributed by atoms with van der Waals surface area (Å²) in [6.45, 7) is 0.527. The molecule has 1 saturated heterocycles. The standard InChI is InChI=1S/C18H16F2N4O2/c19-5-15-11-6-21-24(17-12-8-26-9-13(12)17)18(25)16(11)22-23(15)7-10-3-1-2-4-14(10)20/h1-4,6,12-13,17H,5,7-9H2/t12-,13+,17+. The van der Waals surface area contributed by atoms with Gasteiger partial charge < -0.3 is 4.74 Å². The maximum atomic E-state index is 13.9. The molecule has 2 aliphatic rings. The van der Waals surface area contributed by atoms with Gasteiger partial charge in [-0.25, -0.2) is 13.5 Å². The quantitative estimate of drug-likeness (QED) is 0.716. The van der Waals surface area contributed by atoms with Crippen molar-refractivity contribution >= 4 is 10.9 Å². The van der Waals surface area contributed by atoms with E-state index in [0.717, 1.165) is 0 Å². The number of fused-ring (bicyclic) bond motifs is 2. The zero-order chi connectivity index (χ0) is 17.8. The summed E-state index contributed by atoms with van der Waals surface area (Å²) >= 11 is 0. The fourth-order valence-electron chi connectivity index (χ4n) is 3.93. The third-order valence-electron chi connectivity index (χ3n) is 5.41. The minimum absolute atomic E-state index is 0.0335.